The third kappa shape index (κ3) is 1.69. The van der Waals surface area contributed by atoms with Gasteiger partial charge in [0.2, 0.25) is 0 Å². The molecule has 1 aromatic carbocycles. The topological polar surface area (TPSA) is 44.1 Å². The Kier molecular flexibility index (Phi) is 2.35. The maximum absolute atomic E-state index is 11.9. The van der Waals surface area contributed by atoms with Gasteiger partial charge in [-0.25, -0.2) is 9.78 Å². The summed E-state index contributed by atoms with van der Waals surface area (Å²) < 4.78 is 6.84. The van der Waals surface area contributed by atoms with E-state index in [1.54, 1.807) is 6.33 Å². The number of aromatic nitrogens is 2. The number of carbonyl (C=O) groups excluding carboxylic acids is 1. The van der Waals surface area contributed by atoms with Gasteiger partial charge < -0.3 is 9.30 Å². The van der Waals surface area contributed by atoms with E-state index in [0.717, 1.165) is 23.9 Å². The number of fused-ring (bicyclic) bond motifs is 1. The van der Waals surface area contributed by atoms with Crippen LogP contribution >= 0.6 is 0 Å². The third-order valence-electron chi connectivity index (χ3n) is 3.29. The van der Waals surface area contributed by atoms with Crippen LogP contribution < -0.4 is 0 Å². The molecule has 1 aliphatic carbocycles. The summed E-state index contributed by atoms with van der Waals surface area (Å²) in [7, 11) is 1.44. The summed E-state index contributed by atoms with van der Waals surface area (Å²) in [5.41, 5.74) is 1.91. The number of hydrogen-bond acceptors (Lipinski definition) is 3. The molecule has 17 heavy (non-hydrogen) atoms. The van der Waals surface area contributed by atoms with Crippen molar-refractivity contribution in [1.29, 1.82) is 0 Å². The Bertz CT molecular complexity index is 557. The molecule has 88 valence electrons. The molecule has 1 aliphatic rings. The van der Waals surface area contributed by atoms with Crippen molar-refractivity contribution in [2.75, 3.05) is 7.11 Å². The highest BCUT2D eigenvalue weighted by molar-refractivity contribution is 5.80. The van der Waals surface area contributed by atoms with Gasteiger partial charge in [-0.2, -0.15) is 0 Å². The average Bonchev–Trinajstić information content (AvgIpc) is 3.10. The van der Waals surface area contributed by atoms with E-state index in [1.165, 1.54) is 7.11 Å². The number of ether oxygens (including phenoxy) is 1. The molecule has 1 unspecified atom stereocenters. The molecule has 2 aromatic rings. The van der Waals surface area contributed by atoms with E-state index in [9.17, 15) is 4.79 Å². The van der Waals surface area contributed by atoms with Crippen molar-refractivity contribution in [2.45, 2.75) is 18.9 Å². The molecule has 4 nitrogen and oxygen atoms in total. The zero-order valence-electron chi connectivity index (χ0n) is 9.67. The van der Waals surface area contributed by atoms with E-state index in [2.05, 4.69) is 4.98 Å². The molecule has 4 heteroatoms. The van der Waals surface area contributed by atoms with Crippen molar-refractivity contribution < 1.29 is 9.53 Å². The van der Waals surface area contributed by atoms with Gasteiger partial charge in [0.1, 0.15) is 6.04 Å². The van der Waals surface area contributed by atoms with Crippen molar-refractivity contribution in [3.63, 3.8) is 0 Å². The van der Waals surface area contributed by atoms with Crippen molar-refractivity contribution in [3.8, 4) is 0 Å². The summed E-state index contributed by atoms with van der Waals surface area (Å²) in [6.07, 6.45) is 3.92. The van der Waals surface area contributed by atoms with Gasteiger partial charge >= 0.3 is 5.97 Å². The minimum atomic E-state index is -0.215. The fraction of sp³-hybridized carbons (Fsp3) is 0.385. The second-order valence-electron chi connectivity index (χ2n) is 4.45. The lowest BCUT2D eigenvalue weighted by atomic mass is 10.1. The third-order valence-corrected chi connectivity index (χ3v) is 3.29. The second-order valence-corrected chi connectivity index (χ2v) is 4.45. The van der Waals surface area contributed by atoms with Crippen LogP contribution in [0.4, 0.5) is 0 Å². The summed E-state index contributed by atoms with van der Waals surface area (Å²) in [5, 5.41) is 0. The molecule has 0 saturated heterocycles. The number of nitrogens with zero attached hydrogens (tertiary/aromatic N) is 2. The van der Waals surface area contributed by atoms with E-state index in [0.29, 0.717) is 5.92 Å². The number of esters is 1. The van der Waals surface area contributed by atoms with Gasteiger partial charge in [0.05, 0.1) is 24.5 Å². The van der Waals surface area contributed by atoms with E-state index < -0.39 is 0 Å². The highest BCUT2D eigenvalue weighted by Gasteiger charge is 2.38. The summed E-state index contributed by atoms with van der Waals surface area (Å²) in [4.78, 5) is 16.2. The Balaban J connectivity index is 2.08. The van der Waals surface area contributed by atoms with Gasteiger partial charge in [0.25, 0.3) is 0 Å². The smallest absolute Gasteiger partial charge is 0.329 e. The lowest BCUT2D eigenvalue weighted by molar-refractivity contribution is -0.145. The minimum Gasteiger partial charge on any atom is -0.467 e. The fourth-order valence-corrected chi connectivity index (χ4v) is 2.27. The molecule has 0 N–H and O–H groups in total. The predicted octanol–water partition coefficient (Wildman–Crippen LogP) is 2.16. The number of rotatable bonds is 3. The number of methoxy groups -OCH3 is 1. The zero-order valence-corrected chi connectivity index (χ0v) is 9.67. The molecular weight excluding hydrogens is 216 g/mol. The Labute approximate surface area is 99.2 Å². The van der Waals surface area contributed by atoms with Crippen LogP contribution in [0.1, 0.15) is 18.9 Å². The predicted molar refractivity (Wildman–Crippen MR) is 63.5 cm³/mol. The van der Waals surface area contributed by atoms with Gasteiger partial charge in [0.15, 0.2) is 0 Å². The number of benzene rings is 1. The first-order valence-electron chi connectivity index (χ1n) is 5.80. The van der Waals surface area contributed by atoms with Crippen LogP contribution in [0.25, 0.3) is 11.0 Å². The molecule has 1 saturated carbocycles. The summed E-state index contributed by atoms with van der Waals surface area (Å²) in [5.74, 6) is 0.232. The largest absolute Gasteiger partial charge is 0.467 e. The molecule has 0 radical (unpaired) electrons. The molecule has 0 aliphatic heterocycles. The highest BCUT2D eigenvalue weighted by atomic mass is 16.5. The van der Waals surface area contributed by atoms with Crippen molar-refractivity contribution in [2.24, 2.45) is 5.92 Å². The van der Waals surface area contributed by atoms with Gasteiger partial charge in [-0.05, 0) is 30.9 Å². The molecule has 1 fully saturated rings. The standard InChI is InChI=1S/C13H14N2O2/c1-17-13(16)12(9-6-7-9)15-8-14-10-4-2-3-5-11(10)15/h2-5,8-9,12H,6-7H2,1H3. The average molecular weight is 230 g/mol. The Morgan fingerprint density at radius 2 is 2.24 bits per heavy atom. The van der Waals surface area contributed by atoms with Crippen LogP contribution in [-0.4, -0.2) is 22.6 Å². The Morgan fingerprint density at radius 1 is 1.47 bits per heavy atom. The minimum absolute atomic E-state index is 0.171. The van der Waals surface area contributed by atoms with Gasteiger partial charge in [-0.3, -0.25) is 0 Å². The molecule has 0 bridgehead atoms. The first-order chi connectivity index (χ1) is 8.31. The van der Waals surface area contributed by atoms with Crippen molar-refractivity contribution in [1.82, 2.24) is 9.55 Å². The number of para-hydroxylation sites is 2. The molecular formula is C13H14N2O2. The van der Waals surface area contributed by atoms with Crippen molar-refractivity contribution >= 4 is 17.0 Å². The Morgan fingerprint density at radius 3 is 2.94 bits per heavy atom. The lowest BCUT2D eigenvalue weighted by Gasteiger charge is -2.16. The first-order valence-corrected chi connectivity index (χ1v) is 5.80. The summed E-state index contributed by atoms with van der Waals surface area (Å²) in [6.45, 7) is 0. The zero-order chi connectivity index (χ0) is 11.8. The van der Waals surface area contributed by atoms with Crippen LogP contribution in [0.2, 0.25) is 0 Å². The molecule has 1 atom stereocenters. The van der Waals surface area contributed by atoms with Crippen LogP contribution in [0, 0.1) is 5.92 Å². The van der Waals surface area contributed by atoms with E-state index in [1.807, 2.05) is 28.8 Å². The first kappa shape index (κ1) is 10.3. The van der Waals surface area contributed by atoms with Crippen LogP contribution in [0.15, 0.2) is 30.6 Å². The quantitative estimate of drug-likeness (QED) is 0.759. The van der Waals surface area contributed by atoms with E-state index in [-0.39, 0.29) is 12.0 Å². The second kappa shape index (κ2) is 3.87. The lowest BCUT2D eigenvalue weighted by Crippen LogP contribution is -2.22. The fourth-order valence-electron chi connectivity index (χ4n) is 2.27. The molecule has 0 spiro atoms. The number of imidazole rings is 1. The molecule has 1 aromatic heterocycles. The van der Waals surface area contributed by atoms with Crippen LogP contribution in [0.5, 0.6) is 0 Å². The van der Waals surface area contributed by atoms with E-state index >= 15 is 0 Å². The molecule has 0 amide bonds. The molecule has 1 heterocycles. The monoisotopic (exact) mass is 230 g/mol. The summed E-state index contributed by atoms with van der Waals surface area (Å²) >= 11 is 0. The normalized spacial score (nSPS) is 17.0. The maximum atomic E-state index is 11.9. The van der Waals surface area contributed by atoms with Gasteiger partial charge in [-0.1, -0.05) is 12.1 Å². The van der Waals surface area contributed by atoms with Crippen LogP contribution in [-0.2, 0) is 9.53 Å². The van der Waals surface area contributed by atoms with Crippen LogP contribution in [0.3, 0.4) is 0 Å². The van der Waals surface area contributed by atoms with E-state index in [4.69, 9.17) is 4.74 Å². The number of carbonyl (C=O) groups is 1. The molecule has 3 rings (SSSR count). The summed E-state index contributed by atoms with van der Waals surface area (Å²) in [6, 6.07) is 7.63. The van der Waals surface area contributed by atoms with Crippen molar-refractivity contribution in [3.05, 3.63) is 30.6 Å². The SMILES string of the molecule is COC(=O)C(C1CC1)n1cnc2ccccc21. The van der Waals surface area contributed by atoms with Gasteiger partial charge in [0, 0.05) is 0 Å². The van der Waals surface area contributed by atoms with Gasteiger partial charge in [-0.15, -0.1) is 0 Å². The highest BCUT2D eigenvalue weighted by Crippen LogP contribution is 2.41. The number of hydrogen-bond donors (Lipinski definition) is 0. The maximum Gasteiger partial charge on any atom is 0.329 e. The Hall–Kier alpha value is -1.84.